The van der Waals surface area contributed by atoms with Crippen molar-refractivity contribution in [2.45, 2.75) is 100 Å². The number of nitrogens with one attached hydrogen (secondary N) is 4. The highest BCUT2D eigenvalue weighted by molar-refractivity contribution is 6.30. The van der Waals surface area contributed by atoms with Crippen LogP contribution in [0, 0.1) is 23.1 Å². The summed E-state index contributed by atoms with van der Waals surface area (Å²) in [6, 6.07) is 8.14. The lowest BCUT2D eigenvalue weighted by Crippen LogP contribution is -2.61. The molecule has 1 aromatic rings. The largest absolute Gasteiger partial charge is 0.368 e. The van der Waals surface area contributed by atoms with Crippen LogP contribution in [0.3, 0.4) is 0 Å². The number of carbonyl (C=O) groups excluding carboxylic acids is 1. The number of piperidine rings is 1. The van der Waals surface area contributed by atoms with Crippen molar-refractivity contribution >= 4 is 23.2 Å². The van der Waals surface area contributed by atoms with E-state index in [0.717, 1.165) is 32.1 Å². The highest BCUT2D eigenvalue weighted by Crippen LogP contribution is 2.43. The molecule has 3 unspecified atom stereocenters. The Bertz CT molecular complexity index is 956. The number of nitrogens with zero attached hydrogens (tertiary/aromatic N) is 2. The van der Waals surface area contributed by atoms with Gasteiger partial charge in [-0.05, 0) is 63.1 Å². The Morgan fingerprint density at radius 2 is 1.89 bits per heavy atom. The summed E-state index contributed by atoms with van der Waals surface area (Å²) >= 11 is 5.86. The van der Waals surface area contributed by atoms with Gasteiger partial charge >= 0.3 is 0 Å². The molecular weight excluding hydrogens is 467 g/mol. The molecule has 0 aromatic heterocycles. The van der Waals surface area contributed by atoms with E-state index in [-0.39, 0.29) is 28.4 Å². The predicted molar refractivity (Wildman–Crippen MR) is 134 cm³/mol. The van der Waals surface area contributed by atoms with Crippen molar-refractivity contribution in [3.63, 3.8) is 0 Å². The van der Waals surface area contributed by atoms with Crippen LogP contribution in [-0.2, 0) is 4.79 Å². The normalized spacial score (nSPS) is 34.1. The van der Waals surface area contributed by atoms with E-state index in [4.69, 9.17) is 11.6 Å². The van der Waals surface area contributed by atoms with E-state index in [1.54, 1.807) is 6.07 Å². The number of halogens is 2. The monoisotopic (exact) mass is 502 g/mol. The number of hydrazine groups is 1. The fourth-order valence-electron chi connectivity index (χ4n) is 6.76. The van der Waals surface area contributed by atoms with Crippen LogP contribution >= 0.6 is 11.6 Å². The summed E-state index contributed by atoms with van der Waals surface area (Å²) in [4.78, 5) is 13.0. The molecule has 2 aliphatic heterocycles. The molecule has 5 rings (SSSR count). The predicted octanol–water partition coefficient (Wildman–Crippen LogP) is 4.06. The molecule has 2 aliphatic carbocycles. The van der Waals surface area contributed by atoms with Gasteiger partial charge in [0.2, 0.25) is 5.91 Å². The fraction of sp³-hybridized carbons (Fsp3) is 0.692. The van der Waals surface area contributed by atoms with Gasteiger partial charge < -0.3 is 16.0 Å². The molecule has 2 heterocycles. The molecule has 190 valence electrons. The van der Waals surface area contributed by atoms with Crippen LogP contribution in [0.5, 0.6) is 0 Å². The second kappa shape index (κ2) is 10.6. The number of nitriles is 1. The van der Waals surface area contributed by atoms with E-state index in [1.807, 2.05) is 0 Å². The van der Waals surface area contributed by atoms with Crippen molar-refractivity contribution in [1.82, 2.24) is 21.1 Å². The SMILES string of the molecule is N#CCC1(N2NC(Nc3ccc(Cl)c(F)c3)C3C(=O)NCCC32)CCC(NC2CCCCC2)CC1. The zero-order valence-electron chi connectivity index (χ0n) is 20.2. The molecule has 4 N–H and O–H groups in total. The number of rotatable bonds is 6. The molecule has 1 amide bonds. The van der Waals surface area contributed by atoms with Crippen LogP contribution < -0.4 is 21.4 Å². The molecule has 0 bridgehead atoms. The third-order valence-corrected chi connectivity index (χ3v) is 8.89. The molecule has 7 nitrogen and oxygen atoms in total. The quantitative estimate of drug-likeness (QED) is 0.469. The number of benzene rings is 1. The minimum absolute atomic E-state index is 0.0112. The van der Waals surface area contributed by atoms with Gasteiger partial charge in [0.1, 0.15) is 12.0 Å². The summed E-state index contributed by atoms with van der Waals surface area (Å²) < 4.78 is 14.1. The molecule has 2 saturated carbocycles. The van der Waals surface area contributed by atoms with Crippen LogP contribution in [0.4, 0.5) is 10.1 Å². The zero-order valence-corrected chi connectivity index (χ0v) is 20.9. The zero-order chi connectivity index (χ0) is 24.4. The average Bonchev–Trinajstić information content (AvgIpc) is 3.24. The van der Waals surface area contributed by atoms with Crippen molar-refractivity contribution in [3.8, 4) is 6.07 Å². The van der Waals surface area contributed by atoms with E-state index in [9.17, 15) is 14.4 Å². The average molecular weight is 503 g/mol. The molecular formula is C26H36ClFN6O. The molecule has 9 heteroatoms. The van der Waals surface area contributed by atoms with Crippen molar-refractivity contribution in [2.24, 2.45) is 5.92 Å². The van der Waals surface area contributed by atoms with Crippen molar-refractivity contribution in [3.05, 3.63) is 29.0 Å². The van der Waals surface area contributed by atoms with E-state index in [0.29, 0.717) is 30.7 Å². The van der Waals surface area contributed by atoms with E-state index >= 15 is 0 Å². The number of anilines is 1. The Balaban J connectivity index is 1.32. The second-order valence-corrected chi connectivity index (χ2v) is 11.2. The number of hydrogen-bond donors (Lipinski definition) is 4. The summed E-state index contributed by atoms with van der Waals surface area (Å²) in [5.41, 5.74) is 3.82. The van der Waals surface area contributed by atoms with Gasteiger partial charge in [0.15, 0.2) is 0 Å². The Labute approximate surface area is 212 Å². The molecule has 0 radical (unpaired) electrons. The molecule has 35 heavy (non-hydrogen) atoms. The first-order valence-corrected chi connectivity index (χ1v) is 13.5. The Kier molecular flexibility index (Phi) is 7.50. The number of carbonyl (C=O) groups is 1. The Morgan fingerprint density at radius 1 is 1.14 bits per heavy atom. The first kappa shape index (κ1) is 24.8. The lowest BCUT2D eigenvalue weighted by molar-refractivity contribution is -0.128. The number of hydrogen-bond acceptors (Lipinski definition) is 6. The maximum atomic E-state index is 14.1. The smallest absolute Gasteiger partial charge is 0.228 e. The summed E-state index contributed by atoms with van der Waals surface area (Å²) in [5, 5.41) is 22.3. The Hall–Kier alpha value is -1.92. The van der Waals surface area contributed by atoms with Gasteiger partial charge in [-0.15, -0.1) is 0 Å². The van der Waals surface area contributed by atoms with E-state index in [1.165, 1.54) is 44.2 Å². The lowest BCUT2D eigenvalue weighted by Gasteiger charge is -2.48. The van der Waals surface area contributed by atoms with Gasteiger partial charge in [0, 0.05) is 35.9 Å². The summed E-state index contributed by atoms with van der Waals surface area (Å²) in [6.07, 6.45) is 11.2. The number of fused-ring (bicyclic) bond motifs is 1. The molecule has 4 fully saturated rings. The first-order valence-electron chi connectivity index (χ1n) is 13.2. The molecule has 4 aliphatic rings. The minimum Gasteiger partial charge on any atom is -0.368 e. The van der Waals surface area contributed by atoms with Crippen molar-refractivity contribution in [1.29, 1.82) is 5.26 Å². The molecule has 0 spiro atoms. The van der Waals surface area contributed by atoms with Crippen LogP contribution in [0.15, 0.2) is 18.2 Å². The van der Waals surface area contributed by atoms with Gasteiger partial charge in [0.05, 0.1) is 23.4 Å². The van der Waals surface area contributed by atoms with Crippen molar-refractivity contribution < 1.29 is 9.18 Å². The van der Waals surface area contributed by atoms with E-state index in [2.05, 4.69) is 32.5 Å². The van der Waals surface area contributed by atoms with Gasteiger partial charge in [-0.3, -0.25) is 4.79 Å². The van der Waals surface area contributed by atoms with Gasteiger partial charge in [0.25, 0.3) is 0 Å². The topological polar surface area (TPSA) is 92.2 Å². The minimum atomic E-state index is -0.499. The third kappa shape index (κ3) is 5.15. The highest BCUT2D eigenvalue weighted by atomic mass is 35.5. The number of amides is 1. The maximum absolute atomic E-state index is 14.1. The van der Waals surface area contributed by atoms with Crippen LogP contribution in [0.1, 0.15) is 70.6 Å². The lowest BCUT2D eigenvalue weighted by atomic mass is 9.75. The summed E-state index contributed by atoms with van der Waals surface area (Å²) in [6.45, 7) is 0.620. The second-order valence-electron chi connectivity index (χ2n) is 10.8. The third-order valence-electron chi connectivity index (χ3n) is 8.58. The van der Waals surface area contributed by atoms with E-state index < -0.39 is 12.0 Å². The standard InChI is InChI=1S/C26H36ClFN6O/c27-20-7-6-19(16-21(20)28)32-24-23-22(10-15-30-25(23)35)34(33-24)26(13-14-29)11-8-18(9-12-26)31-17-4-2-1-3-5-17/h6-7,16-18,22-24,31-33H,1-5,8-13,15H2,(H,30,35). The Morgan fingerprint density at radius 3 is 2.60 bits per heavy atom. The fourth-order valence-corrected chi connectivity index (χ4v) is 6.87. The van der Waals surface area contributed by atoms with Crippen LogP contribution in [0.25, 0.3) is 0 Å². The maximum Gasteiger partial charge on any atom is 0.228 e. The summed E-state index contributed by atoms with van der Waals surface area (Å²) in [5.74, 6) is -0.847. The van der Waals surface area contributed by atoms with Crippen LogP contribution in [-0.4, -0.2) is 47.3 Å². The van der Waals surface area contributed by atoms with Crippen LogP contribution in [0.2, 0.25) is 5.02 Å². The van der Waals surface area contributed by atoms with Gasteiger partial charge in [-0.2, -0.15) is 5.26 Å². The first-order chi connectivity index (χ1) is 17.0. The van der Waals surface area contributed by atoms with Crippen molar-refractivity contribution in [2.75, 3.05) is 11.9 Å². The highest BCUT2D eigenvalue weighted by Gasteiger charge is 2.55. The van der Waals surface area contributed by atoms with Gasteiger partial charge in [-0.25, -0.2) is 14.8 Å². The summed E-state index contributed by atoms with van der Waals surface area (Å²) in [7, 11) is 0. The van der Waals surface area contributed by atoms with Gasteiger partial charge in [-0.1, -0.05) is 30.9 Å². The molecule has 3 atom stereocenters. The molecule has 1 aromatic carbocycles. The molecule has 2 saturated heterocycles.